The predicted octanol–water partition coefficient (Wildman–Crippen LogP) is 3.55. The number of nitrogens with zero attached hydrogens (tertiary/aromatic N) is 6. The van der Waals surface area contributed by atoms with E-state index in [0.29, 0.717) is 22.8 Å². The van der Waals surface area contributed by atoms with Gasteiger partial charge in [-0.1, -0.05) is 52.0 Å². The zero-order chi connectivity index (χ0) is 34.2. The molecule has 5 rings (SSSR count). The summed E-state index contributed by atoms with van der Waals surface area (Å²) >= 11 is 0. The first-order valence-electron chi connectivity index (χ1n) is 16.0. The van der Waals surface area contributed by atoms with Gasteiger partial charge in [0.15, 0.2) is 0 Å². The molecule has 1 aliphatic rings. The molecule has 1 aliphatic heterocycles. The van der Waals surface area contributed by atoms with Gasteiger partial charge in [-0.15, -0.1) is 0 Å². The molecule has 12 nitrogen and oxygen atoms in total. The van der Waals surface area contributed by atoms with Crippen LogP contribution in [-0.4, -0.2) is 65.4 Å². The highest BCUT2D eigenvalue weighted by molar-refractivity contribution is 5.99. The number of hydrogen-bond donors (Lipinski definition) is 2. The standard InChI is InChI=1S/C36H40N8O4/c1-23(2)31-35(47)43(19-25-11-5-7-17-37-25)21-27-13-9-14-28(39-27)22-44(20-26-12-6-8-18-38-26)36(48)32(24(3)4)42-34(46)30-16-10-15-29(40-30)33(45)41-31/h5-18,23-24,31-32H,19-22H2,1-4H3,(H,41,45)(H,42,46)/t31-,32-/m0/s1. The van der Waals surface area contributed by atoms with E-state index in [0.717, 1.165) is 0 Å². The van der Waals surface area contributed by atoms with E-state index < -0.39 is 23.9 Å². The van der Waals surface area contributed by atoms with Gasteiger partial charge in [0.1, 0.15) is 23.5 Å². The van der Waals surface area contributed by atoms with Crippen LogP contribution in [0.3, 0.4) is 0 Å². The fourth-order valence-corrected chi connectivity index (χ4v) is 5.43. The lowest BCUT2D eigenvalue weighted by Crippen LogP contribution is -2.52. The molecule has 4 aromatic rings. The van der Waals surface area contributed by atoms with Crippen LogP contribution in [0.4, 0.5) is 0 Å². The zero-order valence-corrected chi connectivity index (χ0v) is 27.5. The van der Waals surface area contributed by atoms with Gasteiger partial charge in [-0.25, -0.2) is 4.98 Å². The monoisotopic (exact) mass is 648 g/mol. The smallest absolute Gasteiger partial charge is 0.270 e. The second kappa shape index (κ2) is 15.4. The highest BCUT2D eigenvalue weighted by Crippen LogP contribution is 2.18. The lowest BCUT2D eigenvalue weighted by Gasteiger charge is -2.31. The molecule has 48 heavy (non-hydrogen) atoms. The molecule has 0 aromatic carbocycles. The van der Waals surface area contributed by atoms with Crippen molar-refractivity contribution in [3.63, 3.8) is 0 Å². The average Bonchev–Trinajstić information content (AvgIpc) is 3.08. The summed E-state index contributed by atoms with van der Waals surface area (Å²) in [5, 5.41) is 5.70. The molecule has 0 spiro atoms. The topological polar surface area (TPSA) is 150 Å². The van der Waals surface area contributed by atoms with Crippen molar-refractivity contribution < 1.29 is 19.2 Å². The number of aromatic nitrogens is 4. The number of rotatable bonds is 6. The molecule has 2 N–H and O–H groups in total. The van der Waals surface area contributed by atoms with Crippen LogP contribution in [0.15, 0.2) is 85.2 Å². The van der Waals surface area contributed by atoms with Crippen molar-refractivity contribution in [3.8, 4) is 0 Å². The van der Waals surface area contributed by atoms with E-state index in [2.05, 4.69) is 25.6 Å². The summed E-state index contributed by atoms with van der Waals surface area (Å²) in [7, 11) is 0. The van der Waals surface area contributed by atoms with Crippen LogP contribution in [0.25, 0.3) is 0 Å². The van der Waals surface area contributed by atoms with Gasteiger partial charge in [-0.3, -0.25) is 34.1 Å². The van der Waals surface area contributed by atoms with E-state index in [4.69, 9.17) is 4.98 Å². The minimum absolute atomic E-state index is 0.0305. The molecule has 4 aromatic heterocycles. The highest BCUT2D eigenvalue weighted by Gasteiger charge is 2.32. The molecular formula is C36H40N8O4. The Morgan fingerprint density at radius 3 is 1.44 bits per heavy atom. The van der Waals surface area contributed by atoms with E-state index in [1.165, 1.54) is 12.1 Å². The summed E-state index contributed by atoms with van der Waals surface area (Å²) in [5.41, 5.74) is 2.48. The van der Waals surface area contributed by atoms with E-state index in [9.17, 15) is 19.2 Å². The summed E-state index contributed by atoms with van der Waals surface area (Å²) in [6.07, 6.45) is 3.32. The van der Waals surface area contributed by atoms with Crippen LogP contribution < -0.4 is 10.6 Å². The van der Waals surface area contributed by atoms with Crippen LogP contribution >= 0.6 is 0 Å². The Balaban J connectivity index is 1.59. The maximum atomic E-state index is 14.2. The Labute approximate surface area is 280 Å². The third-order valence-electron chi connectivity index (χ3n) is 8.00. The minimum Gasteiger partial charge on any atom is -0.339 e. The number of carbonyl (C=O) groups is 4. The largest absolute Gasteiger partial charge is 0.339 e. The van der Waals surface area contributed by atoms with Crippen LogP contribution in [0, 0.1) is 11.8 Å². The van der Waals surface area contributed by atoms with Gasteiger partial charge in [-0.2, -0.15) is 0 Å². The Hall–Kier alpha value is -5.52. The number of carbonyl (C=O) groups excluding carboxylic acids is 4. The number of amides is 4. The third kappa shape index (κ3) is 8.44. The van der Waals surface area contributed by atoms with Gasteiger partial charge in [-0.05, 0) is 60.4 Å². The number of pyridine rings is 4. The molecule has 0 aliphatic carbocycles. The summed E-state index contributed by atoms with van der Waals surface area (Å²) < 4.78 is 0. The fraction of sp³-hybridized carbons (Fsp3) is 0.333. The van der Waals surface area contributed by atoms with Crippen molar-refractivity contribution in [1.82, 2.24) is 40.4 Å². The first kappa shape index (κ1) is 33.8. The van der Waals surface area contributed by atoms with Crippen LogP contribution in [-0.2, 0) is 35.8 Å². The fourth-order valence-electron chi connectivity index (χ4n) is 5.43. The van der Waals surface area contributed by atoms with Gasteiger partial charge < -0.3 is 20.4 Å². The summed E-state index contributed by atoms with van der Waals surface area (Å²) in [6.45, 7) is 8.03. The van der Waals surface area contributed by atoms with Crippen molar-refractivity contribution in [1.29, 1.82) is 0 Å². The summed E-state index contributed by atoms with van der Waals surface area (Å²) in [4.78, 5) is 76.7. The Bertz CT molecular complexity index is 1630. The molecule has 0 saturated heterocycles. The van der Waals surface area contributed by atoms with Crippen molar-refractivity contribution in [2.45, 2.75) is 66.0 Å². The lowest BCUT2D eigenvalue weighted by atomic mass is 10.0. The number of nitrogens with one attached hydrogen (secondary N) is 2. The summed E-state index contributed by atoms with van der Waals surface area (Å²) in [5.74, 6) is -2.40. The quantitative estimate of drug-likeness (QED) is 0.322. The number of hydrogen-bond acceptors (Lipinski definition) is 8. The van der Waals surface area contributed by atoms with Gasteiger partial charge in [0.05, 0.1) is 49.0 Å². The SMILES string of the molecule is CC(C)[C@@H]1NC(=O)c2cccc(n2)C(=O)N[C@@H](C(C)C)C(=O)N(Cc2ccccn2)Cc2cccc(n2)CN(Cc2ccccn2)C1=O. The Morgan fingerprint density at radius 2 is 1.04 bits per heavy atom. The van der Waals surface area contributed by atoms with Crippen molar-refractivity contribution in [2.24, 2.45) is 11.8 Å². The van der Waals surface area contributed by atoms with E-state index in [-0.39, 0.29) is 61.2 Å². The molecule has 12 heteroatoms. The first-order chi connectivity index (χ1) is 23.1. The molecule has 5 heterocycles. The summed E-state index contributed by atoms with van der Waals surface area (Å²) in [6, 6.07) is 19.1. The molecule has 2 atom stereocenters. The van der Waals surface area contributed by atoms with Crippen LogP contribution in [0.1, 0.15) is 71.4 Å². The number of fused-ring (bicyclic) bond motifs is 4. The van der Waals surface area contributed by atoms with Gasteiger partial charge in [0.2, 0.25) is 11.8 Å². The molecular weight excluding hydrogens is 608 g/mol. The van der Waals surface area contributed by atoms with Crippen molar-refractivity contribution >= 4 is 23.6 Å². The van der Waals surface area contributed by atoms with Gasteiger partial charge >= 0.3 is 0 Å². The average molecular weight is 649 g/mol. The van der Waals surface area contributed by atoms with Crippen molar-refractivity contribution in [3.05, 3.63) is 119 Å². The van der Waals surface area contributed by atoms with Crippen molar-refractivity contribution in [2.75, 3.05) is 0 Å². The Kier molecular flexibility index (Phi) is 10.8. The zero-order valence-electron chi connectivity index (χ0n) is 27.5. The molecule has 4 amide bonds. The van der Waals surface area contributed by atoms with E-state index >= 15 is 0 Å². The molecule has 0 radical (unpaired) electrons. The molecule has 0 fully saturated rings. The van der Waals surface area contributed by atoms with E-state index in [1.54, 1.807) is 40.4 Å². The normalized spacial score (nSPS) is 18.0. The predicted molar refractivity (Wildman–Crippen MR) is 178 cm³/mol. The minimum atomic E-state index is -0.903. The van der Waals surface area contributed by atoms with Gasteiger partial charge in [0, 0.05) is 12.4 Å². The molecule has 0 saturated carbocycles. The van der Waals surface area contributed by atoms with Crippen LogP contribution in [0.5, 0.6) is 0 Å². The molecule has 248 valence electrons. The second-order valence-corrected chi connectivity index (χ2v) is 12.4. The maximum Gasteiger partial charge on any atom is 0.270 e. The third-order valence-corrected chi connectivity index (χ3v) is 8.00. The van der Waals surface area contributed by atoms with Crippen LogP contribution in [0.2, 0.25) is 0 Å². The second-order valence-electron chi connectivity index (χ2n) is 12.4. The maximum absolute atomic E-state index is 14.2. The Morgan fingerprint density at radius 1 is 0.604 bits per heavy atom. The van der Waals surface area contributed by atoms with Gasteiger partial charge in [0.25, 0.3) is 11.8 Å². The van der Waals surface area contributed by atoms with E-state index in [1.807, 2.05) is 70.2 Å². The molecule has 0 unspecified atom stereocenters. The first-order valence-corrected chi connectivity index (χ1v) is 16.0. The molecule has 4 bridgehead atoms. The highest BCUT2D eigenvalue weighted by atomic mass is 16.2. The lowest BCUT2D eigenvalue weighted by molar-refractivity contribution is -0.136.